The highest BCUT2D eigenvalue weighted by atomic mass is 32.2. The number of aryl methyl sites for hydroxylation is 1. The molecule has 0 fully saturated rings. The molecule has 0 saturated heterocycles. The van der Waals surface area contributed by atoms with E-state index in [0.717, 1.165) is 0 Å². The van der Waals surface area contributed by atoms with Crippen molar-refractivity contribution in [3.8, 4) is 0 Å². The molecule has 17 heavy (non-hydrogen) atoms. The lowest BCUT2D eigenvalue weighted by molar-refractivity contribution is 0.0492. The minimum Gasteiger partial charge on any atom is -0.461 e. The van der Waals surface area contributed by atoms with Crippen LogP contribution in [-0.4, -0.2) is 25.6 Å². The van der Waals surface area contributed by atoms with Crippen LogP contribution in [0.15, 0.2) is 17.2 Å². The van der Waals surface area contributed by atoms with Crippen molar-refractivity contribution >= 4 is 16.0 Å². The molecule has 0 radical (unpaired) electrons. The molecular formula is C10H16N2O4S. The molecule has 96 valence electrons. The van der Waals surface area contributed by atoms with E-state index in [0.29, 0.717) is 19.6 Å². The van der Waals surface area contributed by atoms with Gasteiger partial charge in [0.25, 0.3) is 0 Å². The highest BCUT2D eigenvalue weighted by Crippen LogP contribution is 2.14. The van der Waals surface area contributed by atoms with Crippen molar-refractivity contribution < 1.29 is 17.9 Å². The average Bonchev–Trinajstić information content (AvgIpc) is 2.69. The normalized spacial score (nSPS) is 11.5. The standard InChI is InChI=1S/C10H16N2O4S/c1-3-5-16-10(13)9-6-8(17(11,14)15)7-12(9)4-2/h6-7H,3-5H2,1-2H3,(H2,11,14,15). The molecule has 0 aromatic carbocycles. The molecule has 0 aliphatic heterocycles. The maximum atomic E-state index is 11.6. The number of nitrogens with two attached hydrogens (primary N) is 1. The van der Waals surface area contributed by atoms with Crippen LogP contribution in [0.3, 0.4) is 0 Å². The third-order valence-corrected chi connectivity index (χ3v) is 3.07. The van der Waals surface area contributed by atoms with Gasteiger partial charge in [-0.3, -0.25) is 0 Å². The molecule has 0 aliphatic rings. The number of carbonyl (C=O) groups is 1. The zero-order valence-electron chi connectivity index (χ0n) is 9.84. The van der Waals surface area contributed by atoms with Crippen LogP contribution in [-0.2, 0) is 21.3 Å². The zero-order chi connectivity index (χ0) is 13.1. The third kappa shape index (κ3) is 3.31. The van der Waals surface area contributed by atoms with Crippen molar-refractivity contribution in [2.75, 3.05) is 6.61 Å². The van der Waals surface area contributed by atoms with Gasteiger partial charge >= 0.3 is 5.97 Å². The number of aromatic nitrogens is 1. The lowest BCUT2D eigenvalue weighted by Crippen LogP contribution is -2.11. The second kappa shape index (κ2) is 5.33. The first-order valence-electron chi connectivity index (χ1n) is 5.30. The highest BCUT2D eigenvalue weighted by molar-refractivity contribution is 7.89. The molecule has 2 N–H and O–H groups in total. The number of carbonyl (C=O) groups excluding carboxylic acids is 1. The molecule has 6 nitrogen and oxygen atoms in total. The summed E-state index contributed by atoms with van der Waals surface area (Å²) in [6.07, 6.45) is 2.04. The van der Waals surface area contributed by atoms with Crippen LogP contribution in [0.1, 0.15) is 30.8 Å². The number of primary sulfonamides is 1. The van der Waals surface area contributed by atoms with Gasteiger partial charge in [-0.25, -0.2) is 18.4 Å². The number of esters is 1. The highest BCUT2D eigenvalue weighted by Gasteiger charge is 2.19. The van der Waals surface area contributed by atoms with Gasteiger partial charge in [-0.15, -0.1) is 0 Å². The van der Waals surface area contributed by atoms with E-state index >= 15 is 0 Å². The Kier molecular flexibility index (Phi) is 4.30. The van der Waals surface area contributed by atoms with Crippen LogP contribution in [0.2, 0.25) is 0 Å². The summed E-state index contributed by atoms with van der Waals surface area (Å²) in [7, 11) is -3.80. The molecule has 0 atom stereocenters. The van der Waals surface area contributed by atoms with Crippen LogP contribution in [0.25, 0.3) is 0 Å². The number of hydrogen-bond acceptors (Lipinski definition) is 4. The summed E-state index contributed by atoms with van der Waals surface area (Å²) < 4.78 is 28.8. The SMILES string of the molecule is CCCOC(=O)c1cc(S(N)(=O)=O)cn1CC. The summed E-state index contributed by atoms with van der Waals surface area (Å²) in [5.41, 5.74) is 0.199. The first-order chi connectivity index (χ1) is 7.90. The van der Waals surface area contributed by atoms with Crippen LogP contribution in [0.4, 0.5) is 0 Å². The largest absolute Gasteiger partial charge is 0.461 e. The van der Waals surface area contributed by atoms with Gasteiger partial charge in [-0.05, 0) is 19.4 Å². The molecule has 0 aliphatic carbocycles. The molecule has 0 bridgehead atoms. The fraction of sp³-hybridized carbons (Fsp3) is 0.500. The summed E-state index contributed by atoms with van der Waals surface area (Å²) in [5, 5.41) is 5.00. The van der Waals surface area contributed by atoms with E-state index in [-0.39, 0.29) is 10.6 Å². The first kappa shape index (κ1) is 13.7. The van der Waals surface area contributed by atoms with E-state index < -0.39 is 16.0 Å². The summed E-state index contributed by atoms with van der Waals surface area (Å²) in [6.45, 7) is 4.44. The van der Waals surface area contributed by atoms with Gasteiger partial charge in [-0.2, -0.15) is 0 Å². The topological polar surface area (TPSA) is 91.4 Å². The average molecular weight is 260 g/mol. The lowest BCUT2D eigenvalue weighted by atomic mass is 10.4. The van der Waals surface area contributed by atoms with Crippen molar-refractivity contribution in [1.82, 2.24) is 4.57 Å². The summed E-state index contributed by atoms with van der Waals surface area (Å²) in [6, 6.07) is 1.23. The molecule has 1 rings (SSSR count). The Balaban J connectivity index is 3.07. The van der Waals surface area contributed by atoms with E-state index in [1.54, 1.807) is 6.92 Å². The minimum atomic E-state index is -3.80. The Bertz CT molecular complexity index is 504. The van der Waals surface area contributed by atoms with Crippen LogP contribution < -0.4 is 5.14 Å². The predicted octanol–water partition coefficient (Wildman–Crippen LogP) is 0.722. The fourth-order valence-corrected chi connectivity index (χ4v) is 1.89. The van der Waals surface area contributed by atoms with Crippen molar-refractivity contribution in [3.63, 3.8) is 0 Å². The first-order valence-corrected chi connectivity index (χ1v) is 6.84. The monoisotopic (exact) mass is 260 g/mol. The minimum absolute atomic E-state index is 0.0807. The second-order valence-corrected chi connectivity index (χ2v) is 5.09. The molecule has 0 unspecified atom stereocenters. The van der Waals surface area contributed by atoms with Gasteiger partial charge in [-0.1, -0.05) is 6.92 Å². The van der Waals surface area contributed by atoms with Crippen molar-refractivity contribution in [3.05, 3.63) is 18.0 Å². The van der Waals surface area contributed by atoms with E-state index in [4.69, 9.17) is 9.88 Å². The van der Waals surface area contributed by atoms with Crippen LogP contribution in [0.5, 0.6) is 0 Å². The molecule has 0 spiro atoms. The number of rotatable bonds is 5. The predicted molar refractivity (Wildman–Crippen MR) is 62.1 cm³/mol. The summed E-state index contributed by atoms with van der Waals surface area (Å²) in [5.74, 6) is -0.538. The quantitative estimate of drug-likeness (QED) is 0.790. The van der Waals surface area contributed by atoms with Gasteiger partial charge < -0.3 is 9.30 Å². The molecule has 1 aromatic rings. The van der Waals surface area contributed by atoms with Crippen LogP contribution >= 0.6 is 0 Å². The zero-order valence-corrected chi connectivity index (χ0v) is 10.7. The van der Waals surface area contributed by atoms with Crippen LogP contribution in [0, 0.1) is 0 Å². The van der Waals surface area contributed by atoms with Crippen molar-refractivity contribution in [2.24, 2.45) is 5.14 Å². The third-order valence-electron chi connectivity index (χ3n) is 2.19. The lowest BCUT2D eigenvalue weighted by Gasteiger charge is -2.05. The van der Waals surface area contributed by atoms with E-state index in [9.17, 15) is 13.2 Å². The van der Waals surface area contributed by atoms with E-state index in [2.05, 4.69) is 0 Å². The number of ether oxygens (including phenoxy) is 1. The Morgan fingerprint density at radius 1 is 1.47 bits per heavy atom. The van der Waals surface area contributed by atoms with E-state index in [1.807, 2.05) is 6.92 Å². The maximum absolute atomic E-state index is 11.6. The van der Waals surface area contributed by atoms with Gasteiger partial charge in [0.05, 0.1) is 6.61 Å². The smallest absolute Gasteiger partial charge is 0.354 e. The second-order valence-electron chi connectivity index (χ2n) is 3.53. The molecule has 1 heterocycles. The Morgan fingerprint density at radius 3 is 2.59 bits per heavy atom. The molecule has 7 heteroatoms. The maximum Gasteiger partial charge on any atom is 0.354 e. The van der Waals surface area contributed by atoms with Gasteiger partial charge in [0.2, 0.25) is 10.0 Å². The van der Waals surface area contributed by atoms with Crippen molar-refractivity contribution in [2.45, 2.75) is 31.7 Å². The van der Waals surface area contributed by atoms with E-state index in [1.165, 1.54) is 16.8 Å². The molecular weight excluding hydrogens is 244 g/mol. The Morgan fingerprint density at radius 2 is 2.12 bits per heavy atom. The number of nitrogens with zero attached hydrogens (tertiary/aromatic N) is 1. The molecule has 0 amide bonds. The number of sulfonamides is 1. The number of hydrogen-bond donors (Lipinski definition) is 1. The summed E-state index contributed by atoms with van der Waals surface area (Å²) >= 11 is 0. The Labute approximate surface area is 100 Å². The van der Waals surface area contributed by atoms with Gasteiger partial charge in [0.15, 0.2) is 0 Å². The Hall–Kier alpha value is -1.34. The van der Waals surface area contributed by atoms with Gasteiger partial charge in [0, 0.05) is 12.7 Å². The molecule has 1 aromatic heterocycles. The fourth-order valence-electron chi connectivity index (χ4n) is 1.34. The summed E-state index contributed by atoms with van der Waals surface area (Å²) in [4.78, 5) is 11.6. The van der Waals surface area contributed by atoms with Crippen molar-refractivity contribution in [1.29, 1.82) is 0 Å². The molecule has 0 saturated carbocycles. The van der Waals surface area contributed by atoms with Gasteiger partial charge in [0.1, 0.15) is 10.6 Å².